The molecule has 0 saturated heterocycles. The monoisotopic (exact) mass is 228 g/mol. The zero-order valence-electron chi connectivity index (χ0n) is 11.0. The van der Waals surface area contributed by atoms with Crippen LogP contribution in [0.15, 0.2) is 42.7 Å². The molecular weight excluding hydrogens is 208 g/mol. The first-order valence-corrected chi connectivity index (χ1v) is 6.15. The lowest BCUT2D eigenvalue weighted by atomic mass is 10.1. The van der Waals surface area contributed by atoms with Crippen molar-refractivity contribution in [2.45, 2.75) is 33.6 Å². The molecule has 2 aromatic rings. The van der Waals surface area contributed by atoms with Crippen molar-refractivity contribution in [3.05, 3.63) is 48.4 Å². The third-order valence-electron chi connectivity index (χ3n) is 2.33. The normalized spacial score (nSPS) is 9.71. The van der Waals surface area contributed by atoms with E-state index in [-0.39, 0.29) is 0 Å². The van der Waals surface area contributed by atoms with E-state index >= 15 is 0 Å². The average Bonchev–Trinajstić information content (AvgIpc) is 2.42. The van der Waals surface area contributed by atoms with E-state index in [1.165, 1.54) is 0 Å². The molecule has 2 rings (SSSR count). The van der Waals surface area contributed by atoms with Crippen LogP contribution in [-0.4, -0.2) is 9.97 Å². The third kappa shape index (κ3) is 3.66. The van der Waals surface area contributed by atoms with Crippen molar-refractivity contribution in [2.75, 3.05) is 0 Å². The minimum atomic E-state index is 0.433. The summed E-state index contributed by atoms with van der Waals surface area (Å²) in [6, 6.07) is 10.1. The molecule has 0 N–H and O–H groups in total. The molecule has 0 spiro atoms. The molecular formula is C15H20N2. The van der Waals surface area contributed by atoms with E-state index < -0.39 is 0 Å². The molecule has 0 unspecified atom stereocenters. The highest BCUT2D eigenvalue weighted by Crippen LogP contribution is 2.16. The Balaban J connectivity index is 0.000000686. The van der Waals surface area contributed by atoms with E-state index in [1.807, 2.05) is 56.6 Å². The predicted molar refractivity (Wildman–Crippen MR) is 72.9 cm³/mol. The van der Waals surface area contributed by atoms with Gasteiger partial charge in [0.15, 0.2) is 0 Å². The van der Waals surface area contributed by atoms with Gasteiger partial charge in [0.2, 0.25) is 0 Å². The highest BCUT2D eigenvalue weighted by molar-refractivity contribution is 5.57. The molecule has 2 nitrogen and oxygen atoms in total. The quantitative estimate of drug-likeness (QED) is 0.766. The van der Waals surface area contributed by atoms with E-state index in [0.29, 0.717) is 5.92 Å². The van der Waals surface area contributed by atoms with Gasteiger partial charge in [-0.3, -0.25) is 9.97 Å². The minimum Gasteiger partial charge on any atom is -0.257 e. The summed E-state index contributed by atoms with van der Waals surface area (Å²) in [5, 5.41) is 0. The fourth-order valence-electron chi connectivity index (χ4n) is 1.39. The Bertz CT molecular complexity index is 418. The molecule has 0 amide bonds. The first-order chi connectivity index (χ1) is 8.27. The van der Waals surface area contributed by atoms with Crippen molar-refractivity contribution in [3.63, 3.8) is 0 Å². The third-order valence-corrected chi connectivity index (χ3v) is 2.33. The van der Waals surface area contributed by atoms with Crippen LogP contribution in [0.5, 0.6) is 0 Å². The topological polar surface area (TPSA) is 25.8 Å². The second kappa shape index (κ2) is 6.79. The summed E-state index contributed by atoms with van der Waals surface area (Å²) in [5.41, 5.74) is 3.08. The van der Waals surface area contributed by atoms with Crippen molar-refractivity contribution in [3.8, 4) is 11.3 Å². The van der Waals surface area contributed by atoms with Crippen molar-refractivity contribution in [2.24, 2.45) is 0 Å². The number of rotatable bonds is 2. The first kappa shape index (κ1) is 13.4. The highest BCUT2D eigenvalue weighted by atomic mass is 14.8. The summed E-state index contributed by atoms with van der Waals surface area (Å²) >= 11 is 0. The number of hydrogen-bond acceptors (Lipinski definition) is 2. The second-order valence-corrected chi connectivity index (χ2v) is 3.85. The molecule has 0 aliphatic rings. The molecule has 0 radical (unpaired) electrons. The van der Waals surface area contributed by atoms with Crippen LogP contribution >= 0.6 is 0 Å². The molecule has 0 saturated carbocycles. The highest BCUT2D eigenvalue weighted by Gasteiger charge is 2.02. The van der Waals surface area contributed by atoms with Crippen LogP contribution in [0.4, 0.5) is 0 Å². The predicted octanol–water partition coefficient (Wildman–Crippen LogP) is 4.29. The fourth-order valence-corrected chi connectivity index (χ4v) is 1.39. The van der Waals surface area contributed by atoms with E-state index in [4.69, 9.17) is 0 Å². The van der Waals surface area contributed by atoms with E-state index in [9.17, 15) is 0 Å². The maximum absolute atomic E-state index is 4.41. The molecule has 0 aliphatic heterocycles. The van der Waals surface area contributed by atoms with Crippen LogP contribution in [0.3, 0.4) is 0 Å². The number of nitrogens with zero attached hydrogens (tertiary/aromatic N) is 2. The van der Waals surface area contributed by atoms with Crippen LogP contribution in [0.2, 0.25) is 0 Å². The number of hydrogen-bond donors (Lipinski definition) is 0. The summed E-state index contributed by atoms with van der Waals surface area (Å²) in [6.45, 7) is 8.23. The Morgan fingerprint density at radius 2 is 1.53 bits per heavy atom. The lowest BCUT2D eigenvalue weighted by molar-refractivity contribution is 0.813. The summed E-state index contributed by atoms with van der Waals surface area (Å²) in [4.78, 5) is 8.80. The number of benzene rings is 1. The maximum Gasteiger partial charge on any atom is 0.0885 e. The van der Waals surface area contributed by atoms with Crippen LogP contribution in [-0.2, 0) is 0 Å². The van der Waals surface area contributed by atoms with Crippen molar-refractivity contribution in [1.29, 1.82) is 0 Å². The SMILES string of the molecule is CC.CC(C)c1cnc(-c2ccccc2)cn1. The Labute approximate surface area is 104 Å². The molecule has 2 heteroatoms. The molecule has 1 heterocycles. The molecule has 0 atom stereocenters. The smallest absolute Gasteiger partial charge is 0.0885 e. The number of aromatic nitrogens is 2. The van der Waals surface area contributed by atoms with Crippen LogP contribution in [0.25, 0.3) is 11.3 Å². The van der Waals surface area contributed by atoms with Gasteiger partial charge in [-0.05, 0) is 5.92 Å². The van der Waals surface area contributed by atoms with Gasteiger partial charge in [0.1, 0.15) is 0 Å². The van der Waals surface area contributed by atoms with Crippen LogP contribution in [0, 0.1) is 0 Å². The Kier molecular flexibility index (Phi) is 5.34. The molecule has 90 valence electrons. The maximum atomic E-state index is 4.41. The Morgan fingerprint density at radius 1 is 0.882 bits per heavy atom. The molecule has 0 aliphatic carbocycles. The molecule has 0 fully saturated rings. The summed E-state index contributed by atoms with van der Waals surface area (Å²) in [6.07, 6.45) is 3.69. The summed E-state index contributed by atoms with van der Waals surface area (Å²) in [5.74, 6) is 0.433. The molecule has 1 aromatic carbocycles. The molecule has 17 heavy (non-hydrogen) atoms. The Hall–Kier alpha value is -1.70. The van der Waals surface area contributed by atoms with Gasteiger partial charge in [-0.15, -0.1) is 0 Å². The van der Waals surface area contributed by atoms with E-state index in [1.54, 1.807) is 0 Å². The molecule has 1 aromatic heterocycles. The van der Waals surface area contributed by atoms with Crippen molar-refractivity contribution >= 4 is 0 Å². The lowest BCUT2D eigenvalue weighted by Gasteiger charge is -2.04. The van der Waals surface area contributed by atoms with Crippen molar-refractivity contribution < 1.29 is 0 Å². The summed E-state index contributed by atoms with van der Waals surface area (Å²) in [7, 11) is 0. The average molecular weight is 228 g/mol. The van der Waals surface area contributed by atoms with E-state index in [0.717, 1.165) is 17.0 Å². The fraction of sp³-hybridized carbons (Fsp3) is 0.333. The Morgan fingerprint density at radius 3 is 2.00 bits per heavy atom. The second-order valence-electron chi connectivity index (χ2n) is 3.85. The zero-order chi connectivity index (χ0) is 12.7. The first-order valence-electron chi connectivity index (χ1n) is 6.15. The lowest BCUT2D eigenvalue weighted by Crippen LogP contribution is -1.94. The zero-order valence-corrected chi connectivity index (χ0v) is 11.0. The largest absolute Gasteiger partial charge is 0.257 e. The van der Waals surface area contributed by atoms with Gasteiger partial charge in [-0.25, -0.2) is 0 Å². The summed E-state index contributed by atoms with van der Waals surface area (Å²) < 4.78 is 0. The minimum absolute atomic E-state index is 0.433. The van der Waals surface area contributed by atoms with Crippen LogP contribution < -0.4 is 0 Å². The van der Waals surface area contributed by atoms with E-state index in [2.05, 4.69) is 23.8 Å². The van der Waals surface area contributed by atoms with Gasteiger partial charge in [-0.1, -0.05) is 58.0 Å². The van der Waals surface area contributed by atoms with Crippen LogP contribution in [0.1, 0.15) is 39.3 Å². The van der Waals surface area contributed by atoms with Gasteiger partial charge in [0.25, 0.3) is 0 Å². The van der Waals surface area contributed by atoms with Gasteiger partial charge in [-0.2, -0.15) is 0 Å². The van der Waals surface area contributed by atoms with Gasteiger partial charge < -0.3 is 0 Å². The van der Waals surface area contributed by atoms with Crippen molar-refractivity contribution in [1.82, 2.24) is 9.97 Å². The van der Waals surface area contributed by atoms with Gasteiger partial charge in [0.05, 0.1) is 17.6 Å². The standard InChI is InChI=1S/C13H14N2.C2H6/c1-10(2)12-8-15-13(9-14-12)11-6-4-3-5-7-11;1-2/h3-10H,1-2H3;1-2H3. The molecule has 0 bridgehead atoms. The van der Waals surface area contributed by atoms with Gasteiger partial charge >= 0.3 is 0 Å². The van der Waals surface area contributed by atoms with Gasteiger partial charge in [0, 0.05) is 11.8 Å².